The largest absolute Gasteiger partial charge is 0.467 e. The molecule has 0 N–H and O–H groups in total. The molecule has 2 aromatic carbocycles. The molecule has 4 heteroatoms. The zero-order valence-corrected chi connectivity index (χ0v) is 16.5. The van der Waals surface area contributed by atoms with Crippen LogP contribution in [-0.4, -0.2) is 27.2 Å². The Morgan fingerprint density at radius 2 is 1.87 bits per heavy atom. The molecule has 0 amide bonds. The third-order valence-corrected chi connectivity index (χ3v) is 6.17. The molecule has 2 rings (SSSR count). The molecule has 124 valence electrons. The van der Waals surface area contributed by atoms with Crippen LogP contribution in [0.25, 0.3) is 0 Å². The second-order valence-corrected chi connectivity index (χ2v) is 9.79. The third kappa shape index (κ3) is 5.28. The highest BCUT2D eigenvalue weighted by Crippen LogP contribution is 2.32. The summed E-state index contributed by atoms with van der Waals surface area (Å²) >= 11 is 0. The van der Waals surface area contributed by atoms with E-state index in [2.05, 4.69) is 63.6 Å². The van der Waals surface area contributed by atoms with Gasteiger partial charge in [-0.15, -0.1) is 7.92 Å². The summed E-state index contributed by atoms with van der Waals surface area (Å²) in [4.78, 5) is 0. The van der Waals surface area contributed by atoms with Crippen LogP contribution in [0.1, 0.15) is 16.7 Å². The number of hydrogen-bond acceptors (Lipinski definition) is 2. The predicted octanol–water partition coefficient (Wildman–Crippen LogP) is 4.16. The molecule has 0 aliphatic rings. The number of ether oxygens (including phenoxy) is 2. The molecule has 1 atom stereocenters. The SMILES string of the molecule is COCOc1ccc(C)cc1Pc1c(C)cccc1CP(C)C. The van der Waals surface area contributed by atoms with Crippen molar-refractivity contribution in [1.29, 1.82) is 0 Å². The molecular weight excluding hydrogens is 322 g/mol. The number of aryl methyl sites for hydroxylation is 2. The van der Waals surface area contributed by atoms with Crippen LogP contribution in [-0.2, 0) is 10.9 Å². The van der Waals surface area contributed by atoms with Gasteiger partial charge in [0.15, 0.2) is 6.79 Å². The summed E-state index contributed by atoms with van der Waals surface area (Å²) in [6.07, 6.45) is 1.18. The molecule has 23 heavy (non-hydrogen) atoms. The maximum Gasteiger partial charge on any atom is 0.188 e. The van der Waals surface area contributed by atoms with E-state index in [0.717, 1.165) is 5.75 Å². The van der Waals surface area contributed by atoms with Crippen molar-refractivity contribution in [1.82, 2.24) is 0 Å². The van der Waals surface area contributed by atoms with E-state index in [1.807, 2.05) is 0 Å². The van der Waals surface area contributed by atoms with Gasteiger partial charge in [0, 0.05) is 12.4 Å². The maximum atomic E-state index is 5.76. The molecule has 0 radical (unpaired) electrons. The second-order valence-electron chi connectivity index (χ2n) is 6.02. The van der Waals surface area contributed by atoms with Crippen molar-refractivity contribution in [2.75, 3.05) is 27.2 Å². The average Bonchev–Trinajstić information content (AvgIpc) is 2.49. The van der Waals surface area contributed by atoms with Crippen LogP contribution in [0.2, 0.25) is 0 Å². The Bertz CT molecular complexity index is 654. The van der Waals surface area contributed by atoms with E-state index in [1.54, 1.807) is 7.11 Å². The van der Waals surface area contributed by atoms with Crippen molar-refractivity contribution in [3.8, 4) is 5.75 Å². The lowest BCUT2D eigenvalue weighted by Gasteiger charge is -2.17. The highest BCUT2D eigenvalue weighted by atomic mass is 31.1. The van der Waals surface area contributed by atoms with E-state index in [0.29, 0.717) is 8.58 Å². The van der Waals surface area contributed by atoms with Gasteiger partial charge in [-0.3, -0.25) is 0 Å². The smallest absolute Gasteiger partial charge is 0.188 e. The zero-order valence-electron chi connectivity index (χ0n) is 14.6. The molecule has 2 aromatic rings. The molecule has 0 spiro atoms. The van der Waals surface area contributed by atoms with Gasteiger partial charge in [-0.25, -0.2) is 0 Å². The minimum absolute atomic E-state index is 0.0500. The summed E-state index contributed by atoms with van der Waals surface area (Å²) in [7, 11) is 2.31. The normalized spacial score (nSPS) is 11.6. The average molecular weight is 348 g/mol. The minimum atomic E-state index is 0.0500. The van der Waals surface area contributed by atoms with Gasteiger partial charge in [0.2, 0.25) is 0 Å². The predicted molar refractivity (Wildman–Crippen MR) is 105 cm³/mol. The van der Waals surface area contributed by atoms with Crippen molar-refractivity contribution < 1.29 is 9.47 Å². The van der Waals surface area contributed by atoms with Gasteiger partial charge >= 0.3 is 0 Å². The standard InChI is InChI=1S/C19H26O2P2/c1-14-9-10-17(21-13-20-3)18(11-14)22-19-15(2)7-6-8-16(19)12-23(4)5/h6-11,22H,12-13H2,1-5H3. The summed E-state index contributed by atoms with van der Waals surface area (Å²) in [5.74, 6) is 0.931. The first-order valence-electron chi connectivity index (χ1n) is 7.74. The fourth-order valence-corrected chi connectivity index (χ4v) is 5.06. The molecular formula is C19H26O2P2. The lowest BCUT2D eigenvalue weighted by atomic mass is 10.1. The van der Waals surface area contributed by atoms with Crippen LogP contribution in [0.5, 0.6) is 5.75 Å². The summed E-state index contributed by atoms with van der Waals surface area (Å²) in [5.41, 5.74) is 4.12. The number of benzene rings is 2. The lowest BCUT2D eigenvalue weighted by Crippen LogP contribution is -2.15. The van der Waals surface area contributed by atoms with E-state index in [-0.39, 0.29) is 14.7 Å². The molecule has 0 fully saturated rings. The topological polar surface area (TPSA) is 18.5 Å². The van der Waals surface area contributed by atoms with Crippen LogP contribution in [0.15, 0.2) is 36.4 Å². The second kappa shape index (κ2) is 8.78. The van der Waals surface area contributed by atoms with Crippen LogP contribution < -0.4 is 15.3 Å². The summed E-state index contributed by atoms with van der Waals surface area (Å²) < 4.78 is 10.8. The summed E-state index contributed by atoms with van der Waals surface area (Å²) in [6, 6.07) is 13.1. The number of methoxy groups -OCH3 is 1. The van der Waals surface area contributed by atoms with Gasteiger partial charge in [-0.05, 0) is 61.9 Å². The van der Waals surface area contributed by atoms with Crippen molar-refractivity contribution >= 4 is 27.1 Å². The van der Waals surface area contributed by atoms with E-state index in [1.165, 1.54) is 33.5 Å². The molecule has 2 nitrogen and oxygen atoms in total. The van der Waals surface area contributed by atoms with Crippen LogP contribution >= 0.6 is 16.5 Å². The Morgan fingerprint density at radius 3 is 2.57 bits per heavy atom. The summed E-state index contributed by atoms with van der Waals surface area (Å²) in [6.45, 7) is 9.31. The Balaban J connectivity index is 2.36. The van der Waals surface area contributed by atoms with Crippen LogP contribution in [0.4, 0.5) is 0 Å². The molecule has 0 heterocycles. The van der Waals surface area contributed by atoms with Crippen molar-refractivity contribution in [2.45, 2.75) is 20.0 Å². The van der Waals surface area contributed by atoms with E-state index < -0.39 is 0 Å². The first-order chi connectivity index (χ1) is 11.0. The Kier molecular flexibility index (Phi) is 7.03. The molecule has 0 aliphatic carbocycles. The molecule has 0 aliphatic heterocycles. The van der Waals surface area contributed by atoms with Gasteiger partial charge in [0.05, 0.1) is 0 Å². The number of hydrogen-bond donors (Lipinski definition) is 0. The van der Waals surface area contributed by atoms with Crippen LogP contribution in [0.3, 0.4) is 0 Å². The fourth-order valence-electron chi connectivity index (χ4n) is 2.50. The monoisotopic (exact) mass is 348 g/mol. The first kappa shape index (κ1) is 18.4. The first-order valence-corrected chi connectivity index (χ1v) is 11.2. The van der Waals surface area contributed by atoms with Crippen LogP contribution in [0, 0.1) is 13.8 Å². The Morgan fingerprint density at radius 1 is 1.09 bits per heavy atom. The quantitative estimate of drug-likeness (QED) is 0.553. The van der Waals surface area contributed by atoms with Gasteiger partial charge in [-0.2, -0.15) is 0 Å². The minimum Gasteiger partial charge on any atom is -0.467 e. The van der Waals surface area contributed by atoms with Gasteiger partial charge < -0.3 is 9.47 Å². The molecule has 0 saturated heterocycles. The summed E-state index contributed by atoms with van der Waals surface area (Å²) in [5, 5.41) is 2.73. The third-order valence-electron chi connectivity index (χ3n) is 3.57. The maximum absolute atomic E-state index is 5.76. The van der Waals surface area contributed by atoms with Crippen molar-refractivity contribution in [3.05, 3.63) is 53.1 Å². The van der Waals surface area contributed by atoms with Gasteiger partial charge in [-0.1, -0.05) is 38.4 Å². The van der Waals surface area contributed by atoms with Gasteiger partial charge in [0.1, 0.15) is 5.75 Å². The Labute approximate surface area is 143 Å². The molecule has 1 unspecified atom stereocenters. The van der Waals surface area contributed by atoms with E-state index in [4.69, 9.17) is 9.47 Å². The number of rotatable bonds is 7. The van der Waals surface area contributed by atoms with E-state index >= 15 is 0 Å². The molecule has 0 bridgehead atoms. The van der Waals surface area contributed by atoms with Gasteiger partial charge in [0.25, 0.3) is 0 Å². The Hall–Kier alpha value is -0.940. The van der Waals surface area contributed by atoms with E-state index in [9.17, 15) is 0 Å². The highest BCUT2D eigenvalue weighted by molar-refractivity contribution is 7.57. The van der Waals surface area contributed by atoms with Crippen molar-refractivity contribution in [2.24, 2.45) is 0 Å². The fraction of sp³-hybridized carbons (Fsp3) is 0.368. The highest BCUT2D eigenvalue weighted by Gasteiger charge is 2.12. The molecule has 0 saturated carbocycles. The van der Waals surface area contributed by atoms with Crippen molar-refractivity contribution in [3.63, 3.8) is 0 Å². The molecule has 0 aromatic heterocycles. The zero-order chi connectivity index (χ0) is 16.8. The lowest BCUT2D eigenvalue weighted by molar-refractivity contribution is 0.0519.